The zero-order valence-electron chi connectivity index (χ0n) is 13.7. The van der Waals surface area contributed by atoms with Crippen LogP contribution in [-0.2, 0) is 0 Å². The number of ether oxygens (including phenoxy) is 1. The number of anilines is 1. The first kappa shape index (κ1) is 16.5. The number of pyridine rings is 1. The van der Waals surface area contributed by atoms with Gasteiger partial charge in [-0.05, 0) is 44.5 Å². The zero-order valence-corrected chi connectivity index (χ0v) is 13.7. The molecule has 2 heterocycles. The van der Waals surface area contributed by atoms with Crippen molar-refractivity contribution in [1.29, 1.82) is 0 Å². The highest BCUT2D eigenvalue weighted by Crippen LogP contribution is 2.22. The normalized spacial score (nSPS) is 17.8. The Bertz CT molecular complexity index is 495. The second kappa shape index (κ2) is 7.98. The lowest BCUT2D eigenvalue weighted by molar-refractivity contribution is 0.217. The molecule has 1 atom stereocenters. The van der Waals surface area contributed by atoms with Gasteiger partial charge in [-0.2, -0.15) is 0 Å². The van der Waals surface area contributed by atoms with Gasteiger partial charge in [0.2, 0.25) is 5.88 Å². The summed E-state index contributed by atoms with van der Waals surface area (Å²) in [4.78, 5) is 20.7. The molecular formula is C16H26N4O2. The minimum Gasteiger partial charge on any atom is -0.480 e. The Morgan fingerprint density at radius 1 is 1.59 bits per heavy atom. The summed E-state index contributed by atoms with van der Waals surface area (Å²) < 4.78 is 5.16. The van der Waals surface area contributed by atoms with Crippen LogP contribution in [0.4, 0.5) is 10.5 Å². The molecule has 0 aromatic carbocycles. The number of nitrogens with one attached hydrogen (secondary N) is 1. The molecule has 1 aliphatic rings. The van der Waals surface area contributed by atoms with Crippen LogP contribution >= 0.6 is 0 Å². The van der Waals surface area contributed by atoms with E-state index >= 15 is 0 Å². The molecule has 1 saturated heterocycles. The Balaban J connectivity index is 1.86. The summed E-state index contributed by atoms with van der Waals surface area (Å²) in [5, 5.41) is 2.89. The fourth-order valence-electron chi connectivity index (χ4n) is 2.92. The average Bonchev–Trinajstić information content (AvgIpc) is 2.96. The highest BCUT2D eigenvalue weighted by atomic mass is 16.5. The Kier molecular flexibility index (Phi) is 6.00. The number of hydrogen-bond donors (Lipinski definition) is 1. The van der Waals surface area contributed by atoms with Gasteiger partial charge < -0.3 is 19.9 Å². The number of urea groups is 1. The van der Waals surface area contributed by atoms with Crippen molar-refractivity contribution >= 4 is 11.7 Å². The summed E-state index contributed by atoms with van der Waals surface area (Å²) in [6.45, 7) is 5.96. The predicted molar refractivity (Wildman–Crippen MR) is 87.3 cm³/mol. The molecule has 0 radical (unpaired) electrons. The minimum atomic E-state index is -0.0769. The predicted octanol–water partition coefficient (Wildman–Crippen LogP) is 2.29. The molecule has 1 fully saturated rings. The number of nitrogens with zero attached hydrogens (tertiary/aromatic N) is 3. The summed E-state index contributed by atoms with van der Waals surface area (Å²) in [6, 6.07) is 3.50. The van der Waals surface area contributed by atoms with Crippen LogP contribution in [0, 0.1) is 5.92 Å². The maximum atomic E-state index is 12.4. The molecule has 122 valence electrons. The first-order valence-corrected chi connectivity index (χ1v) is 7.87. The molecule has 0 spiro atoms. The highest BCUT2D eigenvalue weighted by molar-refractivity contribution is 5.90. The van der Waals surface area contributed by atoms with E-state index in [9.17, 15) is 4.79 Å². The molecule has 1 aromatic rings. The van der Waals surface area contributed by atoms with Crippen molar-refractivity contribution in [3.8, 4) is 5.88 Å². The van der Waals surface area contributed by atoms with Crippen LogP contribution in [-0.4, -0.2) is 61.2 Å². The second-order valence-corrected chi connectivity index (χ2v) is 5.85. The van der Waals surface area contributed by atoms with Crippen LogP contribution in [0.1, 0.15) is 19.8 Å². The molecule has 1 aliphatic heterocycles. The third-order valence-corrected chi connectivity index (χ3v) is 3.95. The smallest absolute Gasteiger partial charge is 0.322 e. The largest absolute Gasteiger partial charge is 0.480 e. The van der Waals surface area contributed by atoms with Crippen molar-refractivity contribution in [2.75, 3.05) is 45.7 Å². The van der Waals surface area contributed by atoms with E-state index in [0.717, 1.165) is 39.0 Å². The molecule has 0 aliphatic carbocycles. The van der Waals surface area contributed by atoms with E-state index in [1.165, 1.54) is 0 Å². The number of carbonyl (C=O) groups is 1. The molecule has 1 unspecified atom stereocenters. The van der Waals surface area contributed by atoms with E-state index in [2.05, 4.69) is 29.2 Å². The standard InChI is InChI=1S/C16H26N4O2/c1-4-9-19(2)11-13-7-10-20(12-13)16(21)18-14-6-5-8-17-15(14)22-3/h5-6,8,13H,4,7,9-12H2,1-3H3,(H,18,21). The zero-order chi connectivity index (χ0) is 15.9. The SMILES string of the molecule is CCCN(C)CC1CCN(C(=O)Nc2cccnc2OC)C1. The van der Waals surface area contributed by atoms with Gasteiger partial charge in [0.25, 0.3) is 0 Å². The molecule has 6 nitrogen and oxygen atoms in total. The van der Waals surface area contributed by atoms with Crippen molar-refractivity contribution in [3.05, 3.63) is 18.3 Å². The van der Waals surface area contributed by atoms with Gasteiger partial charge in [-0.3, -0.25) is 0 Å². The van der Waals surface area contributed by atoms with Gasteiger partial charge >= 0.3 is 6.03 Å². The average molecular weight is 306 g/mol. The van der Waals surface area contributed by atoms with Gasteiger partial charge in [0, 0.05) is 25.8 Å². The van der Waals surface area contributed by atoms with Gasteiger partial charge in [-0.1, -0.05) is 6.92 Å². The summed E-state index contributed by atoms with van der Waals surface area (Å²) in [5.41, 5.74) is 0.613. The van der Waals surface area contributed by atoms with Gasteiger partial charge in [0.05, 0.1) is 7.11 Å². The Hall–Kier alpha value is -1.82. The van der Waals surface area contributed by atoms with E-state index in [-0.39, 0.29) is 6.03 Å². The highest BCUT2D eigenvalue weighted by Gasteiger charge is 2.27. The molecule has 1 N–H and O–H groups in total. The Labute approximate surface area is 132 Å². The van der Waals surface area contributed by atoms with Crippen LogP contribution in [0.3, 0.4) is 0 Å². The van der Waals surface area contributed by atoms with Gasteiger partial charge in [0.1, 0.15) is 5.69 Å². The fourth-order valence-corrected chi connectivity index (χ4v) is 2.92. The topological polar surface area (TPSA) is 57.7 Å². The van der Waals surface area contributed by atoms with Crippen molar-refractivity contribution < 1.29 is 9.53 Å². The third kappa shape index (κ3) is 4.34. The lowest BCUT2D eigenvalue weighted by Crippen LogP contribution is -2.34. The number of amides is 2. The summed E-state index contributed by atoms with van der Waals surface area (Å²) in [6.07, 6.45) is 3.86. The third-order valence-electron chi connectivity index (χ3n) is 3.95. The number of carbonyl (C=O) groups excluding carboxylic acids is 1. The summed E-state index contributed by atoms with van der Waals surface area (Å²) >= 11 is 0. The van der Waals surface area contributed by atoms with E-state index in [1.54, 1.807) is 25.4 Å². The lowest BCUT2D eigenvalue weighted by atomic mass is 10.1. The van der Waals surface area contributed by atoms with Crippen LogP contribution in [0.15, 0.2) is 18.3 Å². The van der Waals surface area contributed by atoms with Gasteiger partial charge in [-0.15, -0.1) is 0 Å². The minimum absolute atomic E-state index is 0.0769. The van der Waals surface area contributed by atoms with Crippen LogP contribution in [0.2, 0.25) is 0 Å². The first-order chi connectivity index (χ1) is 10.6. The summed E-state index contributed by atoms with van der Waals surface area (Å²) in [5.74, 6) is 0.993. The fraction of sp³-hybridized carbons (Fsp3) is 0.625. The molecule has 0 saturated carbocycles. The van der Waals surface area contributed by atoms with Crippen molar-refractivity contribution in [2.24, 2.45) is 5.92 Å². The Morgan fingerprint density at radius 2 is 2.41 bits per heavy atom. The van der Waals surface area contributed by atoms with Crippen LogP contribution in [0.5, 0.6) is 5.88 Å². The maximum Gasteiger partial charge on any atom is 0.322 e. The second-order valence-electron chi connectivity index (χ2n) is 5.85. The molecule has 1 aromatic heterocycles. The van der Waals surface area contributed by atoms with E-state index in [0.29, 0.717) is 17.5 Å². The van der Waals surface area contributed by atoms with Crippen LogP contribution in [0.25, 0.3) is 0 Å². The lowest BCUT2D eigenvalue weighted by Gasteiger charge is -2.21. The number of methoxy groups -OCH3 is 1. The number of aromatic nitrogens is 1. The van der Waals surface area contributed by atoms with E-state index in [4.69, 9.17) is 4.74 Å². The van der Waals surface area contributed by atoms with Crippen LogP contribution < -0.4 is 10.1 Å². The molecule has 6 heteroatoms. The molecule has 22 heavy (non-hydrogen) atoms. The molecular weight excluding hydrogens is 280 g/mol. The van der Waals surface area contributed by atoms with Gasteiger partial charge in [0.15, 0.2) is 0 Å². The van der Waals surface area contributed by atoms with Crippen molar-refractivity contribution in [3.63, 3.8) is 0 Å². The van der Waals surface area contributed by atoms with E-state index in [1.807, 2.05) is 4.90 Å². The van der Waals surface area contributed by atoms with E-state index < -0.39 is 0 Å². The number of likely N-dealkylation sites (tertiary alicyclic amines) is 1. The maximum absolute atomic E-state index is 12.4. The number of hydrogen-bond acceptors (Lipinski definition) is 4. The molecule has 0 bridgehead atoms. The number of rotatable bonds is 6. The van der Waals surface area contributed by atoms with Gasteiger partial charge in [-0.25, -0.2) is 9.78 Å². The van der Waals surface area contributed by atoms with Crippen molar-refractivity contribution in [1.82, 2.24) is 14.8 Å². The monoisotopic (exact) mass is 306 g/mol. The quantitative estimate of drug-likeness (QED) is 0.876. The summed E-state index contributed by atoms with van der Waals surface area (Å²) in [7, 11) is 3.69. The molecule has 2 amide bonds. The van der Waals surface area contributed by atoms with Crippen molar-refractivity contribution in [2.45, 2.75) is 19.8 Å². The molecule has 2 rings (SSSR count). The first-order valence-electron chi connectivity index (χ1n) is 7.87. The Morgan fingerprint density at radius 3 is 3.14 bits per heavy atom.